The number of benzene rings is 1. The van der Waals surface area contributed by atoms with E-state index in [1.807, 2.05) is 45.0 Å². The van der Waals surface area contributed by atoms with Gasteiger partial charge in [-0.25, -0.2) is 0 Å². The van der Waals surface area contributed by atoms with E-state index in [-0.39, 0.29) is 18.4 Å². The van der Waals surface area contributed by atoms with Crippen LogP contribution in [0.5, 0.6) is 0 Å². The van der Waals surface area contributed by atoms with E-state index in [1.54, 1.807) is 0 Å². The third kappa shape index (κ3) is 5.39. The molecular formula is C17H27N3O2. The van der Waals surface area contributed by atoms with Gasteiger partial charge in [-0.2, -0.15) is 0 Å². The van der Waals surface area contributed by atoms with E-state index in [2.05, 4.69) is 29.4 Å². The average molecular weight is 305 g/mol. The second-order valence-electron chi connectivity index (χ2n) is 6.20. The monoisotopic (exact) mass is 305 g/mol. The van der Waals surface area contributed by atoms with Crippen LogP contribution < -0.4 is 15.5 Å². The minimum atomic E-state index is -0.494. The Hall–Kier alpha value is -2.04. The average Bonchev–Trinajstić information content (AvgIpc) is 2.46. The van der Waals surface area contributed by atoms with E-state index in [0.717, 1.165) is 24.5 Å². The van der Waals surface area contributed by atoms with E-state index >= 15 is 0 Å². The predicted octanol–water partition coefficient (Wildman–Crippen LogP) is 2.63. The van der Waals surface area contributed by atoms with Crippen LogP contribution in [-0.2, 0) is 9.59 Å². The molecule has 0 unspecified atom stereocenters. The first-order chi connectivity index (χ1) is 10.3. The van der Waals surface area contributed by atoms with Crippen LogP contribution in [0.2, 0.25) is 0 Å². The van der Waals surface area contributed by atoms with Gasteiger partial charge in [0.1, 0.15) is 0 Å². The van der Waals surface area contributed by atoms with Gasteiger partial charge in [0, 0.05) is 29.9 Å². The molecule has 5 nitrogen and oxygen atoms in total. The van der Waals surface area contributed by atoms with Gasteiger partial charge < -0.3 is 15.5 Å². The Morgan fingerprint density at radius 1 is 1.05 bits per heavy atom. The Kier molecular flexibility index (Phi) is 6.40. The molecule has 0 aliphatic rings. The zero-order chi connectivity index (χ0) is 16.8. The van der Waals surface area contributed by atoms with Crippen LogP contribution in [0.3, 0.4) is 0 Å². The van der Waals surface area contributed by atoms with E-state index in [9.17, 15) is 9.59 Å². The van der Waals surface area contributed by atoms with Gasteiger partial charge in [-0.15, -0.1) is 0 Å². The van der Waals surface area contributed by atoms with Crippen LogP contribution in [-0.4, -0.2) is 31.4 Å². The topological polar surface area (TPSA) is 61.4 Å². The molecule has 1 aromatic carbocycles. The van der Waals surface area contributed by atoms with Crippen molar-refractivity contribution >= 4 is 23.2 Å². The van der Waals surface area contributed by atoms with Crippen molar-refractivity contribution in [2.75, 3.05) is 29.9 Å². The Morgan fingerprint density at radius 2 is 1.59 bits per heavy atom. The number of amides is 2. The highest BCUT2D eigenvalue weighted by molar-refractivity contribution is 5.95. The van der Waals surface area contributed by atoms with Gasteiger partial charge in [-0.1, -0.05) is 20.8 Å². The van der Waals surface area contributed by atoms with Crippen LogP contribution >= 0.6 is 0 Å². The van der Waals surface area contributed by atoms with Crippen molar-refractivity contribution in [3.63, 3.8) is 0 Å². The Bertz CT molecular complexity index is 500. The van der Waals surface area contributed by atoms with E-state index in [1.165, 1.54) is 0 Å². The number of hydrogen-bond acceptors (Lipinski definition) is 3. The molecule has 0 bridgehead atoms. The molecule has 22 heavy (non-hydrogen) atoms. The maximum atomic E-state index is 11.8. The number of carbonyl (C=O) groups is 2. The summed E-state index contributed by atoms with van der Waals surface area (Å²) in [4.78, 5) is 25.8. The zero-order valence-corrected chi connectivity index (χ0v) is 14.2. The summed E-state index contributed by atoms with van der Waals surface area (Å²) in [6, 6.07) is 7.71. The smallest absolute Gasteiger partial charge is 0.243 e. The largest absolute Gasteiger partial charge is 0.372 e. The molecule has 5 heteroatoms. The zero-order valence-electron chi connectivity index (χ0n) is 14.2. The third-order valence-corrected chi connectivity index (χ3v) is 3.37. The van der Waals surface area contributed by atoms with Gasteiger partial charge in [0.25, 0.3) is 0 Å². The van der Waals surface area contributed by atoms with Crippen LogP contribution in [0.1, 0.15) is 34.6 Å². The van der Waals surface area contributed by atoms with Crippen molar-refractivity contribution in [1.29, 1.82) is 0 Å². The lowest BCUT2D eigenvalue weighted by Crippen LogP contribution is -2.39. The summed E-state index contributed by atoms with van der Waals surface area (Å²) in [6.45, 7) is 11.5. The molecule has 0 saturated carbocycles. The predicted molar refractivity (Wildman–Crippen MR) is 91.1 cm³/mol. The van der Waals surface area contributed by atoms with Gasteiger partial charge >= 0.3 is 0 Å². The fourth-order valence-corrected chi connectivity index (χ4v) is 1.98. The van der Waals surface area contributed by atoms with Crippen molar-refractivity contribution in [1.82, 2.24) is 5.32 Å². The molecule has 0 heterocycles. The van der Waals surface area contributed by atoms with E-state index in [4.69, 9.17) is 0 Å². The van der Waals surface area contributed by atoms with Crippen LogP contribution in [0.25, 0.3) is 0 Å². The van der Waals surface area contributed by atoms with Crippen molar-refractivity contribution in [2.45, 2.75) is 34.6 Å². The molecule has 122 valence electrons. The fourth-order valence-electron chi connectivity index (χ4n) is 1.98. The Balaban J connectivity index is 2.53. The highest BCUT2D eigenvalue weighted by atomic mass is 16.2. The molecule has 0 radical (unpaired) electrons. The second-order valence-corrected chi connectivity index (χ2v) is 6.20. The minimum Gasteiger partial charge on any atom is -0.372 e. The number of carbonyl (C=O) groups excluding carboxylic acids is 2. The van der Waals surface area contributed by atoms with E-state index in [0.29, 0.717) is 0 Å². The fraction of sp³-hybridized carbons (Fsp3) is 0.529. The summed E-state index contributed by atoms with van der Waals surface area (Å²) in [7, 11) is 0. The number of nitrogens with zero attached hydrogens (tertiary/aromatic N) is 1. The minimum absolute atomic E-state index is 0.0199. The normalized spacial score (nSPS) is 11.0. The van der Waals surface area contributed by atoms with Gasteiger partial charge in [0.2, 0.25) is 11.8 Å². The van der Waals surface area contributed by atoms with Crippen molar-refractivity contribution in [3.05, 3.63) is 24.3 Å². The quantitative estimate of drug-likeness (QED) is 0.849. The summed E-state index contributed by atoms with van der Waals surface area (Å²) >= 11 is 0. The third-order valence-electron chi connectivity index (χ3n) is 3.37. The van der Waals surface area contributed by atoms with Crippen molar-refractivity contribution < 1.29 is 9.59 Å². The van der Waals surface area contributed by atoms with Crippen LogP contribution in [0.4, 0.5) is 11.4 Å². The summed E-state index contributed by atoms with van der Waals surface area (Å²) in [5.74, 6) is -0.368. The summed E-state index contributed by atoms with van der Waals surface area (Å²) in [5, 5.41) is 5.41. The molecule has 1 aromatic rings. The molecule has 0 saturated heterocycles. The first-order valence-corrected chi connectivity index (χ1v) is 7.71. The summed E-state index contributed by atoms with van der Waals surface area (Å²) < 4.78 is 0. The standard InChI is InChI=1S/C17H27N3O2/c1-6-20(7-2)14-10-8-13(9-11-14)19-15(21)12-18-16(22)17(3,4)5/h8-11H,6-7,12H2,1-5H3,(H,18,22)(H,19,21). The van der Waals surface area contributed by atoms with Crippen molar-refractivity contribution in [3.8, 4) is 0 Å². The van der Waals surface area contributed by atoms with E-state index < -0.39 is 5.41 Å². The molecular weight excluding hydrogens is 278 g/mol. The maximum Gasteiger partial charge on any atom is 0.243 e. The van der Waals surface area contributed by atoms with Gasteiger partial charge in [-0.3, -0.25) is 9.59 Å². The summed E-state index contributed by atoms with van der Waals surface area (Å²) in [6.07, 6.45) is 0. The number of anilines is 2. The molecule has 0 aliphatic carbocycles. The lowest BCUT2D eigenvalue weighted by Gasteiger charge is -2.21. The molecule has 2 N–H and O–H groups in total. The molecule has 0 atom stereocenters. The molecule has 1 rings (SSSR count). The summed E-state index contributed by atoms with van der Waals surface area (Å²) in [5.41, 5.74) is 1.36. The lowest BCUT2D eigenvalue weighted by atomic mass is 9.96. The van der Waals surface area contributed by atoms with Gasteiger partial charge in [0.15, 0.2) is 0 Å². The van der Waals surface area contributed by atoms with Crippen LogP contribution in [0.15, 0.2) is 24.3 Å². The Morgan fingerprint density at radius 3 is 2.05 bits per heavy atom. The highest BCUT2D eigenvalue weighted by Crippen LogP contribution is 2.17. The van der Waals surface area contributed by atoms with Gasteiger partial charge in [0.05, 0.1) is 6.54 Å². The molecule has 0 spiro atoms. The molecule has 0 fully saturated rings. The van der Waals surface area contributed by atoms with Gasteiger partial charge in [-0.05, 0) is 38.1 Å². The lowest BCUT2D eigenvalue weighted by molar-refractivity contribution is -0.130. The number of hydrogen-bond donors (Lipinski definition) is 2. The number of rotatable bonds is 6. The second kappa shape index (κ2) is 7.82. The SMILES string of the molecule is CCN(CC)c1ccc(NC(=O)CNC(=O)C(C)(C)C)cc1. The first kappa shape index (κ1) is 18.0. The van der Waals surface area contributed by atoms with Crippen LogP contribution in [0, 0.1) is 5.41 Å². The molecule has 0 aromatic heterocycles. The van der Waals surface area contributed by atoms with Crippen molar-refractivity contribution in [2.24, 2.45) is 5.41 Å². The maximum absolute atomic E-state index is 11.8. The first-order valence-electron chi connectivity index (χ1n) is 7.71. The highest BCUT2D eigenvalue weighted by Gasteiger charge is 2.21. The Labute approximate surface area is 133 Å². The molecule has 0 aliphatic heterocycles. The molecule has 2 amide bonds. The number of nitrogens with one attached hydrogen (secondary N) is 2.